The van der Waals surface area contributed by atoms with Crippen LogP contribution in [0.5, 0.6) is 0 Å². The van der Waals surface area contributed by atoms with E-state index in [-0.39, 0.29) is 17.0 Å². The van der Waals surface area contributed by atoms with Crippen molar-refractivity contribution in [3.05, 3.63) is 27.7 Å². The molecule has 7 nitrogen and oxygen atoms in total. The lowest BCUT2D eigenvalue weighted by atomic mass is 10.2. The minimum atomic E-state index is -4.78. The van der Waals surface area contributed by atoms with Crippen molar-refractivity contribution in [1.82, 2.24) is 19.9 Å². The summed E-state index contributed by atoms with van der Waals surface area (Å²) in [6.07, 6.45) is -4.21. The van der Waals surface area contributed by atoms with Crippen molar-refractivity contribution in [3.63, 3.8) is 0 Å². The van der Waals surface area contributed by atoms with E-state index >= 15 is 0 Å². The highest BCUT2D eigenvalue weighted by Gasteiger charge is 2.36. The zero-order chi connectivity index (χ0) is 15.9. The molecule has 0 aromatic carbocycles. The van der Waals surface area contributed by atoms with Gasteiger partial charge in [0.15, 0.2) is 11.5 Å². The predicted octanol–water partition coefficient (Wildman–Crippen LogP) is 0.323. The number of aromatic amines is 1. The molecule has 0 saturated carbocycles. The Bertz CT molecular complexity index is 809. The van der Waals surface area contributed by atoms with E-state index in [9.17, 15) is 23.2 Å². The molecule has 3 rings (SSSR count). The van der Waals surface area contributed by atoms with Gasteiger partial charge in [0.1, 0.15) is 17.2 Å². The number of nitrogens with zero attached hydrogens (tertiary/aromatic N) is 4. The quantitative estimate of drug-likeness (QED) is 0.792. The van der Waals surface area contributed by atoms with Gasteiger partial charge in [-0.3, -0.25) is 4.79 Å². The van der Waals surface area contributed by atoms with Crippen LogP contribution < -0.4 is 15.8 Å². The number of nitriles is 1. The Kier molecular flexibility index (Phi) is 3.29. The molecule has 0 bridgehead atoms. The minimum Gasteiger partial charge on any atom is -0.351 e. The second-order valence-electron chi connectivity index (χ2n) is 4.81. The SMILES string of the molecule is N#Cc1c(N2CCNCC2)nn2c(=O)c(C(F)(F)F)c[nH]c12. The number of alkyl halides is 3. The molecule has 22 heavy (non-hydrogen) atoms. The van der Waals surface area contributed by atoms with Gasteiger partial charge >= 0.3 is 6.18 Å². The molecule has 3 heterocycles. The van der Waals surface area contributed by atoms with Gasteiger partial charge in [-0.25, -0.2) is 0 Å². The van der Waals surface area contributed by atoms with Gasteiger partial charge in [-0.1, -0.05) is 0 Å². The fourth-order valence-corrected chi connectivity index (χ4v) is 2.41. The summed E-state index contributed by atoms with van der Waals surface area (Å²) in [5.41, 5.74) is -2.61. The van der Waals surface area contributed by atoms with Crippen molar-refractivity contribution in [2.24, 2.45) is 0 Å². The first-order valence-electron chi connectivity index (χ1n) is 6.51. The van der Waals surface area contributed by atoms with E-state index in [2.05, 4.69) is 15.4 Å². The van der Waals surface area contributed by atoms with Gasteiger partial charge in [0, 0.05) is 32.4 Å². The van der Waals surface area contributed by atoms with E-state index in [1.807, 2.05) is 6.07 Å². The number of hydrogen-bond acceptors (Lipinski definition) is 5. The number of piperazine rings is 1. The minimum absolute atomic E-state index is 0.0333. The first-order valence-corrected chi connectivity index (χ1v) is 6.51. The molecule has 2 aromatic heterocycles. The van der Waals surface area contributed by atoms with Crippen LogP contribution in [-0.2, 0) is 6.18 Å². The van der Waals surface area contributed by atoms with Crippen LogP contribution >= 0.6 is 0 Å². The second-order valence-corrected chi connectivity index (χ2v) is 4.81. The van der Waals surface area contributed by atoms with Crippen LogP contribution in [0.3, 0.4) is 0 Å². The fraction of sp³-hybridized carbons (Fsp3) is 0.417. The van der Waals surface area contributed by atoms with Crippen LogP contribution in [0.4, 0.5) is 19.0 Å². The van der Waals surface area contributed by atoms with Crippen LogP contribution in [0, 0.1) is 11.3 Å². The molecule has 1 saturated heterocycles. The molecular formula is C12H11F3N6O. The van der Waals surface area contributed by atoms with Crippen LogP contribution in [0.25, 0.3) is 5.65 Å². The van der Waals surface area contributed by atoms with Crippen molar-refractivity contribution in [2.75, 3.05) is 31.1 Å². The lowest BCUT2D eigenvalue weighted by molar-refractivity contribution is -0.139. The molecule has 2 aromatic rings. The molecule has 10 heteroatoms. The highest BCUT2D eigenvalue weighted by atomic mass is 19.4. The van der Waals surface area contributed by atoms with Gasteiger partial charge in [0.05, 0.1) is 0 Å². The lowest BCUT2D eigenvalue weighted by Crippen LogP contribution is -2.44. The van der Waals surface area contributed by atoms with Crippen LogP contribution in [0.15, 0.2) is 11.0 Å². The molecule has 1 fully saturated rings. The molecule has 0 radical (unpaired) electrons. The summed E-state index contributed by atoms with van der Waals surface area (Å²) < 4.78 is 38.9. The molecule has 0 amide bonds. The maximum Gasteiger partial charge on any atom is 0.423 e. The number of hydrogen-bond donors (Lipinski definition) is 2. The highest BCUT2D eigenvalue weighted by Crippen LogP contribution is 2.27. The Morgan fingerprint density at radius 1 is 1.32 bits per heavy atom. The molecule has 1 aliphatic rings. The summed E-state index contributed by atoms with van der Waals surface area (Å²) in [4.78, 5) is 16.1. The number of anilines is 1. The smallest absolute Gasteiger partial charge is 0.351 e. The largest absolute Gasteiger partial charge is 0.423 e. The van der Waals surface area contributed by atoms with E-state index in [1.165, 1.54) is 0 Å². The topological polar surface area (TPSA) is 89.2 Å². The number of nitrogens with one attached hydrogen (secondary N) is 2. The van der Waals surface area contributed by atoms with E-state index in [0.717, 1.165) is 0 Å². The summed E-state index contributed by atoms with van der Waals surface area (Å²) in [7, 11) is 0. The summed E-state index contributed by atoms with van der Waals surface area (Å²) >= 11 is 0. The van der Waals surface area contributed by atoms with Crippen LogP contribution in [0.1, 0.15) is 11.1 Å². The zero-order valence-electron chi connectivity index (χ0n) is 11.2. The number of aromatic nitrogens is 3. The van der Waals surface area contributed by atoms with Crippen LogP contribution in [-0.4, -0.2) is 40.8 Å². The summed E-state index contributed by atoms with van der Waals surface area (Å²) in [5.74, 6) is 0.219. The molecule has 2 N–H and O–H groups in total. The normalized spacial score (nSPS) is 16.0. The average molecular weight is 312 g/mol. The van der Waals surface area contributed by atoms with Gasteiger partial charge in [0.25, 0.3) is 5.56 Å². The first kappa shape index (κ1) is 14.4. The summed E-state index contributed by atoms with van der Waals surface area (Å²) in [5, 5.41) is 16.3. The highest BCUT2D eigenvalue weighted by molar-refractivity contribution is 5.68. The maximum absolute atomic E-state index is 12.8. The van der Waals surface area contributed by atoms with Gasteiger partial charge in [-0.2, -0.15) is 22.9 Å². The Hall–Kier alpha value is -2.54. The predicted molar refractivity (Wildman–Crippen MR) is 70.6 cm³/mol. The van der Waals surface area contributed by atoms with Gasteiger partial charge in [-0.15, -0.1) is 5.10 Å². The molecule has 0 unspecified atom stereocenters. The number of halogens is 3. The second kappa shape index (κ2) is 5.03. The van der Waals surface area contributed by atoms with Gasteiger partial charge < -0.3 is 15.2 Å². The van der Waals surface area contributed by atoms with Gasteiger partial charge in [0.2, 0.25) is 0 Å². The van der Waals surface area contributed by atoms with Crippen molar-refractivity contribution in [3.8, 4) is 6.07 Å². The Morgan fingerprint density at radius 3 is 2.59 bits per heavy atom. The van der Waals surface area contributed by atoms with Crippen LogP contribution in [0.2, 0.25) is 0 Å². The van der Waals surface area contributed by atoms with Crippen molar-refractivity contribution in [1.29, 1.82) is 5.26 Å². The van der Waals surface area contributed by atoms with Crippen molar-refractivity contribution < 1.29 is 13.2 Å². The Balaban J connectivity index is 2.21. The Morgan fingerprint density at radius 2 is 2.00 bits per heavy atom. The monoisotopic (exact) mass is 312 g/mol. The lowest BCUT2D eigenvalue weighted by Gasteiger charge is -2.27. The number of rotatable bonds is 1. The standard InChI is InChI=1S/C12H11F3N6O/c13-12(14,15)8-6-18-9-7(5-16)10(19-21(9)11(8)22)20-3-1-17-2-4-20/h6,17-18H,1-4H2. The van der Waals surface area contributed by atoms with E-state index in [4.69, 9.17) is 0 Å². The third-order valence-electron chi connectivity index (χ3n) is 3.48. The summed E-state index contributed by atoms with van der Waals surface area (Å²) in [6.45, 7) is 2.44. The molecule has 116 valence electrons. The third-order valence-corrected chi connectivity index (χ3v) is 3.48. The Labute approximate surface area is 122 Å². The first-order chi connectivity index (χ1) is 10.4. The van der Waals surface area contributed by atoms with E-state index < -0.39 is 17.3 Å². The summed E-state index contributed by atoms with van der Waals surface area (Å²) in [6, 6.07) is 1.90. The maximum atomic E-state index is 12.8. The van der Waals surface area contributed by atoms with Crippen molar-refractivity contribution >= 4 is 11.5 Å². The van der Waals surface area contributed by atoms with E-state index in [1.54, 1.807) is 4.90 Å². The molecule has 1 aliphatic heterocycles. The molecular weight excluding hydrogens is 301 g/mol. The number of H-pyrrole nitrogens is 1. The third kappa shape index (κ3) is 2.19. The molecule has 0 atom stereocenters. The van der Waals surface area contributed by atoms with E-state index in [0.29, 0.717) is 36.9 Å². The van der Waals surface area contributed by atoms with Gasteiger partial charge in [-0.05, 0) is 0 Å². The zero-order valence-corrected chi connectivity index (χ0v) is 11.2. The molecule has 0 aliphatic carbocycles. The average Bonchev–Trinajstić information content (AvgIpc) is 2.86. The fourth-order valence-electron chi connectivity index (χ4n) is 2.41. The molecule has 0 spiro atoms. The van der Waals surface area contributed by atoms with Crippen molar-refractivity contribution in [2.45, 2.75) is 6.18 Å². The number of fused-ring (bicyclic) bond motifs is 1.